The molecule has 156 valence electrons. The molecule has 3 heterocycles. The van der Waals surface area contributed by atoms with Gasteiger partial charge in [0.1, 0.15) is 11.5 Å². The highest BCUT2D eigenvalue weighted by Crippen LogP contribution is 2.40. The molecule has 1 atom stereocenters. The number of hydrogen-bond acceptors (Lipinski definition) is 6. The number of methoxy groups -OCH3 is 1. The van der Waals surface area contributed by atoms with Crippen molar-refractivity contribution in [1.82, 2.24) is 14.9 Å². The molecular formula is C23H18ClN3O4. The summed E-state index contributed by atoms with van der Waals surface area (Å²) >= 11 is 6.08. The van der Waals surface area contributed by atoms with Gasteiger partial charge in [-0.3, -0.25) is 19.6 Å². The largest absolute Gasteiger partial charge is 0.507 e. The summed E-state index contributed by atoms with van der Waals surface area (Å²) in [7, 11) is 1.45. The number of aromatic nitrogens is 2. The highest BCUT2D eigenvalue weighted by molar-refractivity contribution is 6.46. The van der Waals surface area contributed by atoms with E-state index in [1.54, 1.807) is 61.1 Å². The van der Waals surface area contributed by atoms with Gasteiger partial charge >= 0.3 is 0 Å². The number of benzene rings is 1. The van der Waals surface area contributed by atoms with Crippen molar-refractivity contribution in [3.8, 4) is 5.75 Å². The summed E-state index contributed by atoms with van der Waals surface area (Å²) in [5.41, 5.74) is 1.50. The highest BCUT2D eigenvalue weighted by atomic mass is 35.5. The van der Waals surface area contributed by atoms with Gasteiger partial charge in [0.05, 0.1) is 36.0 Å². The molecule has 0 saturated carbocycles. The Morgan fingerprint density at radius 1 is 1.16 bits per heavy atom. The molecule has 1 aromatic carbocycles. The molecule has 1 saturated heterocycles. The summed E-state index contributed by atoms with van der Waals surface area (Å²) < 4.78 is 5.21. The summed E-state index contributed by atoms with van der Waals surface area (Å²) in [5.74, 6) is -1.48. The van der Waals surface area contributed by atoms with Crippen LogP contribution in [0, 0.1) is 0 Å². The Kier molecular flexibility index (Phi) is 5.68. The molecule has 1 aliphatic heterocycles. The summed E-state index contributed by atoms with van der Waals surface area (Å²) in [6.45, 7) is 0.103. The minimum Gasteiger partial charge on any atom is -0.507 e. The van der Waals surface area contributed by atoms with E-state index in [4.69, 9.17) is 16.3 Å². The normalized spacial score (nSPS) is 17.7. The average molecular weight is 436 g/mol. The van der Waals surface area contributed by atoms with E-state index in [0.29, 0.717) is 27.6 Å². The molecule has 31 heavy (non-hydrogen) atoms. The van der Waals surface area contributed by atoms with Crippen molar-refractivity contribution in [3.63, 3.8) is 0 Å². The number of hydrogen-bond donors (Lipinski definition) is 1. The molecule has 1 aliphatic rings. The van der Waals surface area contributed by atoms with E-state index < -0.39 is 17.7 Å². The first-order valence-corrected chi connectivity index (χ1v) is 9.81. The molecule has 1 unspecified atom stereocenters. The minimum atomic E-state index is -0.822. The van der Waals surface area contributed by atoms with Crippen molar-refractivity contribution in [2.75, 3.05) is 7.11 Å². The molecule has 2 aromatic heterocycles. The van der Waals surface area contributed by atoms with Crippen molar-refractivity contribution in [3.05, 3.63) is 94.5 Å². The number of nitrogens with zero attached hydrogens (tertiary/aromatic N) is 3. The Morgan fingerprint density at radius 3 is 2.68 bits per heavy atom. The van der Waals surface area contributed by atoms with Gasteiger partial charge in [-0.15, -0.1) is 0 Å². The van der Waals surface area contributed by atoms with Crippen LogP contribution in [0.25, 0.3) is 5.76 Å². The maximum absolute atomic E-state index is 13.0. The zero-order chi connectivity index (χ0) is 22.0. The van der Waals surface area contributed by atoms with Crippen LogP contribution in [0.2, 0.25) is 5.02 Å². The van der Waals surface area contributed by atoms with Crippen LogP contribution in [0.3, 0.4) is 0 Å². The molecule has 8 heteroatoms. The SMILES string of the molecule is COc1cc(/C(O)=C2/C(=O)C(=O)N(Cc3ccccn3)C2c2cccnc2)ccc1Cl. The monoisotopic (exact) mass is 435 g/mol. The third-order valence-corrected chi connectivity index (χ3v) is 5.34. The van der Waals surface area contributed by atoms with Crippen LogP contribution in [0.4, 0.5) is 0 Å². The lowest BCUT2D eigenvalue weighted by atomic mass is 9.96. The number of aliphatic hydroxyl groups is 1. The van der Waals surface area contributed by atoms with Gasteiger partial charge in [-0.25, -0.2) is 0 Å². The fourth-order valence-electron chi connectivity index (χ4n) is 3.56. The van der Waals surface area contributed by atoms with E-state index >= 15 is 0 Å². The second kappa shape index (κ2) is 8.57. The first-order valence-electron chi connectivity index (χ1n) is 9.43. The third-order valence-electron chi connectivity index (χ3n) is 5.02. The lowest BCUT2D eigenvalue weighted by Crippen LogP contribution is -2.29. The zero-order valence-corrected chi connectivity index (χ0v) is 17.3. The quantitative estimate of drug-likeness (QED) is 0.372. The molecule has 0 radical (unpaired) electrons. The van der Waals surface area contributed by atoms with Crippen LogP contribution >= 0.6 is 11.6 Å². The van der Waals surface area contributed by atoms with E-state index in [2.05, 4.69) is 9.97 Å². The Labute approximate surface area is 183 Å². The van der Waals surface area contributed by atoms with Crippen LogP contribution in [-0.4, -0.2) is 38.8 Å². The summed E-state index contributed by atoms with van der Waals surface area (Å²) in [6.07, 6.45) is 4.78. The molecule has 0 spiro atoms. The topological polar surface area (TPSA) is 92.6 Å². The summed E-state index contributed by atoms with van der Waals surface area (Å²) in [6, 6.07) is 12.6. The third kappa shape index (κ3) is 3.87. The second-order valence-corrected chi connectivity index (χ2v) is 7.29. The summed E-state index contributed by atoms with van der Waals surface area (Å²) in [5, 5.41) is 11.4. The molecule has 0 bridgehead atoms. The Hall–Kier alpha value is -3.71. The van der Waals surface area contributed by atoms with Crippen LogP contribution < -0.4 is 4.74 Å². The number of halogens is 1. The first kappa shape index (κ1) is 20.6. The zero-order valence-electron chi connectivity index (χ0n) is 16.5. The first-order chi connectivity index (χ1) is 15.0. The maximum Gasteiger partial charge on any atom is 0.296 e. The lowest BCUT2D eigenvalue weighted by molar-refractivity contribution is -0.140. The van der Waals surface area contributed by atoms with Crippen LogP contribution in [0.15, 0.2) is 72.7 Å². The number of aliphatic hydroxyl groups excluding tert-OH is 1. The van der Waals surface area contributed by atoms with E-state index in [1.807, 2.05) is 0 Å². The fourth-order valence-corrected chi connectivity index (χ4v) is 3.75. The van der Waals surface area contributed by atoms with Gasteiger partial charge in [0.25, 0.3) is 11.7 Å². The Bertz CT molecular complexity index is 1170. The minimum absolute atomic E-state index is 0.0293. The summed E-state index contributed by atoms with van der Waals surface area (Å²) in [4.78, 5) is 35.7. The van der Waals surface area contributed by atoms with E-state index in [0.717, 1.165) is 0 Å². The van der Waals surface area contributed by atoms with Crippen LogP contribution in [0.5, 0.6) is 5.75 Å². The predicted octanol–water partition coefficient (Wildman–Crippen LogP) is 3.76. The van der Waals surface area contributed by atoms with Gasteiger partial charge in [-0.05, 0) is 42.0 Å². The molecule has 1 N–H and O–H groups in total. The number of pyridine rings is 2. The molecule has 7 nitrogen and oxygen atoms in total. The van der Waals surface area contributed by atoms with Crippen molar-refractivity contribution >= 4 is 29.1 Å². The smallest absolute Gasteiger partial charge is 0.296 e. The van der Waals surface area contributed by atoms with Gasteiger partial charge in [0.2, 0.25) is 0 Å². The van der Waals surface area contributed by atoms with Crippen LogP contribution in [0.1, 0.15) is 22.9 Å². The van der Waals surface area contributed by atoms with Crippen molar-refractivity contribution in [2.24, 2.45) is 0 Å². The standard InChI is InChI=1S/C23H18ClN3O4/c1-31-18-11-14(7-8-17(18)24)21(28)19-20(15-5-4-9-25-12-15)27(23(30)22(19)29)13-16-6-2-3-10-26-16/h2-12,20,28H,13H2,1H3/b21-19-. The van der Waals surface area contributed by atoms with Crippen molar-refractivity contribution in [1.29, 1.82) is 0 Å². The number of Topliss-reactive ketones (excluding diaryl/α,β-unsaturated/α-hetero) is 1. The average Bonchev–Trinajstić information content (AvgIpc) is 3.05. The number of ketones is 1. The number of amides is 1. The second-order valence-electron chi connectivity index (χ2n) is 6.88. The molecule has 1 amide bonds. The Morgan fingerprint density at radius 2 is 2.00 bits per heavy atom. The van der Waals surface area contributed by atoms with E-state index in [9.17, 15) is 14.7 Å². The van der Waals surface area contributed by atoms with E-state index in [-0.39, 0.29) is 17.9 Å². The number of carbonyl (C=O) groups excluding carboxylic acids is 2. The lowest BCUT2D eigenvalue weighted by Gasteiger charge is -2.24. The number of carbonyl (C=O) groups is 2. The number of likely N-dealkylation sites (tertiary alicyclic amines) is 1. The van der Waals surface area contributed by atoms with Gasteiger partial charge < -0.3 is 14.7 Å². The maximum atomic E-state index is 13.0. The molecule has 1 fully saturated rings. The number of ether oxygens (including phenoxy) is 1. The Balaban J connectivity index is 1.86. The van der Waals surface area contributed by atoms with Crippen LogP contribution in [-0.2, 0) is 16.1 Å². The fraction of sp³-hybridized carbons (Fsp3) is 0.130. The highest BCUT2D eigenvalue weighted by Gasteiger charge is 2.46. The number of rotatable bonds is 5. The van der Waals surface area contributed by atoms with Gasteiger partial charge in [0, 0.05) is 24.2 Å². The van der Waals surface area contributed by atoms with Crippen molar-refractivity contribution in [2.45, 2.75) is 12.6 Å². The van der Waals surface area contributed by atoms with E-state index in [1.165, 1.54) is 18.1 Å². The molecule has 4 rings (SSSR count). The van der Waals surface area contributed by atoms with Gasteiger partial charge in [0.15, 0.2) is 0 Å². The molecule has 3 aromatic rings. The predicted molar refractivity (Wildman–Crippen MR) is 114 cm³/mol. The van der Waals surface area contributed by atoms with Gasteiger partial charge in [-0.1, -0.05) is 23.7 Å². The molecule has 0 aliphatic carbocycles. The molecular weight excluding hydrogens is 418 g/mol. The van der Waals surface area contributed by atoms with Crippen molar-refractivity contribution < 1.29 is 19.4 Å². The van der Waals surface area contributed by atoms with Gasteiger partial charge in [-0.2, -0.15) is 0 Å².